The van der Waals surface area contributed by atoms with Crippen LogP contribution in [0.5, 0.6) is 0 Å². The smallest absolute Gasteiger partial charge is 0.258 e. The van der Waals surface area contributed by atoms with Crippen LogP contribution in [0.1, 0.15) is 0 Å². The Morgan fingerprint density at radius 3 is 2.44 bits per heavy atom. The summed E-state index contributed by atoms with van der Waals surface area (Å²) in [5.41, 5.74) is 0.0233. The highest BCUT2D eigenvalue weighted by molar-refractivity contribution is 8.78. The van der Waals surface area contributed by atoms with E-state index in [2.05, 4.69) is 0 Å². The van der Waals surface area contributed by atoms with Crippen LogP contribution in [0.25, 0.3) is 0 Å². The second-order valence-electron chi connectivity index (χ2n) is 2.43. The molecule has 3 nitrogen and oxygen atoms in total. The van der Waals surface area contributed by atoms with Crippen LogP contribution in [-0.4, -0.2) is 4.92 Å². The van der Waals surface area contributed by atoms with Gasteiger partial charge in [-0.15, -0.1) is 0 Å². The minimum atomic E-state index is -0.456. The average Bonchev–Trinajstić information content (AvgIpc) is 2.25. The van der Waals surface area contributed by atoms with Crippen molar-refractivity contribution in [2.24, 2.45) is 0 Å². The quantitative estimate of drug-likeness (QED) is 0.436. The molecule has 1 aromatic rings. The molecule has 0 aliphatic rings. The van der Waals surface area contributed by atoms with E-state index in [9.17, 15) is 10.1 Å². The highest BCUT2D eigenvalue weighted by Gasteiger charge is 2.14. The molecule has 0 aliphatic heterocycles. The zero-order chi connectivity index (χ0) is 12.1. The van der Waals surface area contributed by atoms with Crippen molar-refractivity contribution in [3.63, 3.8) is 0 Å². The molecule has 0 radical (unpaired) electrons. The fourth-order valence-corrected chi connectivity index (χ4v) is 3.33. The summed E-state index contributed by atoms with van der Waals surface area (Å²) in [6, 6.07) is 6.35. The van der Waals surface area contributed by atoms with Crippen LogP contribution < -0.4 is 0 Å². The fourth-order valence-electron chi connectivity index (χ4n) is 0.791. The minimum absolute atomic E-state index is 0.0233. The van der Waals surface area contributed by atoms with Gasteiger partial charge in [-0.3, -0.25) is 10.1 Å². The Morgan fingerprint density at radius 1 is 1.25 bits per heavy atom. The SMILES string of the molecule is O=[N+]([O-])c1ccccc1SSC(Cl)=C(Cl)Cl. The highest BCUT2D eigenvalue weighted by Crippen LogP contribution is 2.44. The van der Waals surface area contributed by atoms with Crippen molar-refractivity contribution < 1.29 is 4.92 Å². The van der Waals surface area contributed by atoms with Gasteiger partial charge in [-0.1, -0.05) is 46.9 Å². The van der Waals surface area contributed by atoms with Crippen molar-refractivity contribution >= 4 is 62.1 Å². The van der Waals surface area contributed by atoms with Gasteiger partial charge in [0.2, 0.25) is 0 Å². The van der Waals surface area contributed by atoms with E-state index in [-0.39, 0.29) is 14.5 Å². The number of benzene rings is 1. The van der Waals surface area contributed by atoms with Crippen molar-refractivity contribution in [1.82, 2.24) is 0 Å². The molecule has 0 spiro atoms. The number of nitrogens with zero attached hydrogens (tertiary/aromatic N) is 1. The minimum Gasteiger partial charge on any atom is -0.258 e. The summed E-state index contributed by atoms with van der Waals surface area (Å²) in [5.74, 6) is 0. The summed E-state index contributed by atoms with van der Waals surface area (Å²) in [5, 5.41) is 10.7. The third-order valence-corrected chi connectivity index (χ3v) is 5.15. The van der Waals surface area contributed by atoms with Gasteiger partial charge in [0.05, 0.1) is 9.82 Å². The number of hydrogen-bond donors (Lipinski definition) is 0. The predicted molar refractivity (Wildman–Crippen MR) is 71.1 cm³/mol. The molecule has 8 heteroatoms. The molecule has 0 heterocycles. The van der Waals surface area contributed by atoms with Crippen LogP contribution in [-0.2, 0) is 0 Å². The van der Waals surface area contributed by atoms with Crippen LogP contribution >= 0.6 is 56.4 Å². The van der Waals surface area contributed by atoms with Crippen molar-refractivity contribution in [2.45, 2.75) is 4.90 Å². The normalized spacial score (nSPS) is 9.94. The maximum atomic E-state index is 10.7. The highest BCUT2D eigenvalue weighted by atomic mass is 35.5. The number of halogens is 3. The van der Waals surface area contributed by atoms with Gasteiger partial charge in [0.15, 0.2) is 0 Å². The third kappa shape index (κ3) is 4.07. The van der Waals surface area contributed by atoms with Gasteiger partial charge < -0.3 is 0 Å². The Bertz CT molecular complexity index is 435. The number of nitro benzene ring substituents is 1. The van der Waals surface area contributed by atoms with Gasteiger partial charge in [-0.05, 0) is 27.7 Å². The summed E-state index contributed by atoms with van der Waals surface area (Å²) in [6.07, 6.45) is 0. The summed E-state index contributed by atoms with van der Waals surface area (Å²) >= 11 is 16.6. The molecule has 0 saturated carbocycles. The van der Waals surface area contributed by atoms with Gasteiger partial charge in [-0.25, -0.2) is 0 Å². The second kappa shape index (κ2) is 6.61. The largest absolute Gasteiger partial charge is 0.283 e. The lowest BCUT2D eigenvalue weighted by Gasteiger charge is -2.00. The second-order valence-corrected chi connectivity index (χ2v) is 6.16. The number of nitro groups is 1. The summed E-state index contributed by atoms with van der Waals surface area (Å²) in [6.45, 7) is 0. The van der Waals surface area contributed by atoms with E-state index in [1.165, 1.54) is 6.07 Å². The Labute approximate surface area is 115 Å². The third-order valence-electron chi connectivity index (χ3n) is 1.42. The van der Waals surface area contributed by atoms with Gasteiger partial charge in [0, 0.05) is 6.07 Å². The molecule has 0 amide bonds. The lowest BCUT2D eigenvalue weighted by Crippen LogP contribution is -1.88. The monoisotopic (exact) mass is 315 g/mol. The van der Waals surface area contributed by atoms with Gasteiger partial charge in [0.25, 0.3) is 5.69 Å². The molecular weight excluding hydrogens is 313 g/mol. The van der Waals surface area contributed by atoms with Crippen LogP contribution in [0.15, 0.2) is 38.0 Å². The van der Waals surface area contributed by atoms with Crippen LogP contribution in [0.3, 0.4) is 0 Å². The zero-order valence-corrected chi connectivity index (χ0v) is 11.4. The Hall–Kier alpha value is -0.0700. The van der Waals surface area contributed by atoms with E-state index in [1.807, 2.05) is 0 Å². The van der Waals surface area contributed by atoms with Crippen molar-refractivity contribution in [2.75, 3.05) is 0 Å². The van der Waals surface area contributed by atoms with Gasteiger partial charge >= 0.3 is 0 Å². The standard InChI is InChI=1S/C8H4Cl3NO2S2/c9-7(10)8(11)16-15-6-4-2-1-3-5(6)12(13)14/h1-4H. The summed E-state index contributed by atoms with van der Waals surface area (Å²) < 4.78 is 0.129. The molecule has 0 fully saturated rings. The van der Waals surface area contributed by atoms with E-state index in [0.717, 1.165) is 21.6 Å². The fraction of sp³-hybridized carbons (Fsp3) is 0. The van der Waals surface area contributed by atoms with Crippen LogP contribution in [0, 0.1) is 10.1 Å². The Balaban J connectivity index is 2.82. The molecule has 0 saturated heterocycles. The first-order valence-electron chi connectivity index (χ1n) is 3.81. The topological polar surface area (TPSA) is 43.1 Å². The Morgan fingerprint density at radius 2 is 1.88 bits per heavy atom. The van der Waals surface area contributed by atoms with E-state index >= 15 is 0 Å². The molecule has 0 bridgehead atoms. The molecule has 0 unspecified atom stereocenters. The van der Waals surface area contributed by atoms with E-state index in [4.69, 9.17) is 34.8 Å². The predicted octanol–water partition coefficient (Wildman–Crippen LogP) is 5.18. The summed E-state index contributed by atoms with van der Waals surface area (Å²) in [4.78, 5) is 10.7. The average molecular weight is 317 g/mol. The molecular formula is C8H4Cl3NO2S2. The lowest BCUT2D eigenvalue weighted by atomic mass is 10.3. The molecule has 1 rings (SSSR count). The van der Waals surface area contributed by atoms with Crippen LogP contribution in [0.2, 0.25) is 0 Å². The molecule has 0 aliphatic carbocycles. The number of para-hydroxylation sites is 1. The number of rotatable bonds is 4. The van der Waals surface area contributed by atoms with Crippen LogP contribution in [0.4, 0.5) is 5.69 Å². The van der Waals surface area contributed by atoms with Crippen molar-refractivity contribution in [3.8, 4) is 0 Å². The maximum Gasteiger partial charge on any atom is 0.283 e. The molecule has 86 valence electrons. The molecule has 0 N–H and O–H groups in total. The molecule has 16 heavy (non-hydrogen) atoms. The van der Waals surface area contributed by atoms with Gasteiger partial charge in [-0.2, -0.15) is 0 Å². The molecule has 1 aromatic carbocycles. The van der Waals surface area contributed by atoms with E-state index in [0.29, 0.717) is 4.90 Å². The maximum absolute atomic E-state index is 10.7. The first kappa shape index (κ1) is 14.0. The first-order valence-corrected chi connectivity index (χ1v) is 7.09. The van der Waals surface area contributed by atoms with Gasteiger partial charge in [0.1, 0.15) is 8.86 Å². The zero-order valence-electron chi connectivity index (χ0n) is 7.52. The number of hydrogen-bond acceptors (Lipinski definition) is 4. The summed E-state index contributed by atoms with van der Waals surface area (Å²) in [7, 11) is 2.19. The Kier molecular flexibility index (Phi) is 5.78. The molecule has 0 atom stereocenters. The molecule has 0 aromatic heterocycles. The first-order chi connectivity index (χ1) is 7.52. The lowest BCUT2D eigenvalue weighted by molar-refractivity contribution is -0.387. The van der Waals surface area contributed by atoms with Crippen molar-refractivity contribution in [1.29, 1.82) is 0 Å². The van der Waals surface area contributed by atoms with E-state index in [1.54, 1.807) is 18.2 Å². The van der Waals surface area contributed by atoms with E-state index < -0.39 is 4.92 Å². The van der Waals surface area contributed by atoms with Crippen molar-refractivity contribution in [3.05, 3.63) is 43.2 Å².